The second kappa shape index (κ2) is 5.24. The van der Waals surface area contributed by atoms with E-state index < -0.39 is 8.53 Å². The Bertz CT molecular complexity index is 333. The highest BCUT2D eigenvalue weighted by Gasteiger charge is 2.39. The molecule has 3 nitrogen and oxygen atoms in total. The maximum atomic E-state index is 5.98. The van der Waals surface area contributed by atoms with E-state index in [9.17, 15) is 0 Å². The predicted molar refractivity (Wildman–Crippen MR) is 66.0 cm³/mol. The average Bonchev–Trinajstić information content (AvgIpc) is 2.59. The second-order valence-corrected chi connectivity index (χ2v) is 5.48. The van der Waals surface area contributed by atoms with Crippen molar-refractivity contribution >= 4 is 8.53 Å². The van der Waals surface area contributed by atoms with E-state index in [0.717, 1.165) is 0 Å². The van der Waals surface area contributed by atoms with Crippen LogP contribution in [0, 0.1) is 0 Å². The Balaban J connectivity index is 2.13. The van der Waals surface area contributed by atoms with Crippen LogP contribution in [0.1, 0.15) is 25.5 Å². The van der Waals surface area contributed by atoms with E-state index in [2.05, 4.69) is 30.8 Å². The first-order valence-electron chi connectivity index (χ1n) is 5.61. The van der Waals surface area contributed by atoms with E-state index in [1.807, 2.05) is 25.1 Å². The van der Waals surface area contributed by atoms with Gasteiger partial charge in [-0.15, -0.1) is 0 Å². The lowest BCUT2D eigenvalue weighted by molar-refractivity contribution is 0.198. The van der Waals surface area contributed by atoms with Crippen LogP contribution in [0.15, 0.2) is 30.3 Å². The van der Waals surface area contributed by atoms with Crippen LogP contribution in [0.5, 0.6) is 0 Å². The molecule has 0 spiro atoms. The third kappa shape index (κ3) is 2.28. The molecule has 3 atom stereocenters. The zero-order valence-electron chi connectivity index (χ0n) is 9.96. The molecule has 0 saturated carbocycles. The molecule has 4 heteroatoms. The first kappa shape index (κ1) is 12.0. The second-order valence-electron chi connectivity index (χ2n) is 3.91. The van der Waals surface area contributed by atoms with Crippen LogP contribution in [0.3, 0.4) is 0 Å². The van der Waals surface area contributed by atoms with Gasteiger partial charge in [0.1, 0.15) is 6.10 Å². The van der Waals surface area contributed by atoms with Crippen molar-refractivity contribution in [2.75, 3.05) is 13.7 Å². The monoisotopic (exact) mass is 239 g/mol. The van der Waals surface area contributed by atoms with Crippen molar-refractivity contribution in [2.24, 2.45) is 0 Å². The molecule has 0 aromatic heterocycles. The summed E-state index contributed by atoms with van der Waals surface area (Å²) in [4.78, 5) is 0. The normalized spacial score (nSPS) is 30.8. The molecule has 1 aromatic carbocycles. The fraction of sp³-hybridized carbons (Fsp3) is 0.500. The minimum Gasteiger partial charge on any atom is -0.322 e. The van der Waals surface area contributed by atoms with Gasteiger partial charge in [-0.25, -0.2) is 4.67 Å². The van der Waals surface area contributed by atoms with Gasteiger partial charge >= 0.3 is 0 Å². The number of nitrogens with zero attached hydrogens (tertiary/aromatic N) is 1. The average molecular weight is 239 g/mol. The Morgan fingerprint density at radius 3 is 2.69 bits per heavy atom. The first-order valence-corrected chi connectivity index (χ1v) is 6.74. The summed E-state index contributed by atoms with van der Waals surface area (Å²) in [5.74, 6) is 0. The van der Waals surface area contributed by atoms with Crippen LogP contribution in [0.4, 0.5) is 0 Å². The van der Waals surface area contributed by atoms with Gasteiger partial charge in [-0.3, -0.25) is 0 Å². The third-order valence-corrected chi connectivity index (χ3v) is 4.62. The van der Waals surface area contributed by atoms with E-state index in [1.54, 1.807) is 0 Å². The Kier molecular flexibility index (Phi) is 3.93. The molecule has 0 N–H and O–H groups in total. The summed E-state index contributed by atoms with van der Waals surface area (Å²) >= 11 is 0. The highest BCUT2D eigenvalue weighted by atomic mass is 31.2. The molecule has 16 heavy (non-hydrogen) atoms. The van der Waals surface area contributed by atoms with E-state index in [1.165, 1.54) is 5.56 Å². The molecule has 1 heterocycles. The number of likely N-dealkylation sites (N-methyl/N-ethyl adjacent to an activating group) is 1. The summed E-state index contributed by atoms with van der Waals surface area (Å²) in [6.45, 7) is 4.88. The molecule has 1 aliphatic heterocycles. The summed E-state index contributed by atoms with van der Waals surface area (Å²) in [5, 5.41) is 0. The summed E-state index contributed by atoms with van der Waals surface area (Å²) in [7, 11) is 1.19. The van der Waals surface area contributed by atoms with Crippen LogP contribution in [-0.2, 0) is 9.05 Å². The van der Waals surface area contributed by atoms with Gasteiger partial charge in [0.2, 0.25) is 0 Å². The third-order valence-electron chi connectivity index (χ3n) is 2.86. The smallest absolute Gasteiger partial charge is 0.259 e. The molecule has 88 valence electrons. The zero-order valence-corrected chi connectivity index (χ0v) is 10.9. The van der Waals surface area contributed by atoms with Crippen molar-refractivity contribution in [1.82, 2.24) is 4.67 Å². The Labute approximate surface area is 98.3 Å². The lowest BCUT2D eigenvalue weighted by atomic mass is 10.0. The minimum atomic E-state index is -0.875. The first-order chi connectivity index (χ1) is 7.74. The minimum absolute atomic E-state index is 0.129. The molecule has 0 radical (unpaired) electrons. The topological polar surface area (TPSA) is 21.7 Å². The number of benzene rings is 1. The molecule has 0 bridgehead atoms. The van der Waals surface area contributed by atoms with Gasteiger partial charge < -0.3 is 9.05 Å². The van der Waals surface area contributed by atoms with Crippen LogP contribution in [0.2, 0.25) is 0 Å². The van der Waals surface area contributed by atoms with E-state index in [-0.39, 0.29) is 6.10 Å². The van der Waals surface area contributed by atoms with Crippen LogP contribution >= 0.6 is 8.53 Å². The van der Waals surface area contributed by atoms with Crippen LogP contribution in [-0.4, -0.2) is 24.4 Å². The molecule has 1 fully saturated rings. The molecule has 1 unspecified atom stereocenters. The van der Waals surface area contributed by atoms with E-state index >= 15 is 0 Å². The molecule has 2 rings (SSSR count). The number of rotatable bonds is 3. The Morgan fingerprint density at radius 1 is 1.38 bits per heavy atom. The van der Waals surface area contributed by atoms with Crippen molar-refractivity contribution in [3.05, 3.63) is 35.9 Å². The van der Waals surface area contributed by atoms with Gasteiger partial charge in [-0.05, 0) is 26.5 Å². The maximum Gasteiger partial charge on any atom is 0.259 e. The number of hydrogen-bond acceptors (Lipinski definition) is 3. The molecule has 1 aliphatic rings. The van der Waals surface area contributed by atoms with Crippen molar-refractivity contribution in [1.29, 1.82) is 0 Å². The van der Waals surface area contributed by atoms with Crippen molar-refractivity contribution in [3.8, 4) is 0 Å². The van der Waals surface area contributed by atoms with Gasteiger partial charge in [0, 0.05) is 6.04 Å². The Morgan fingerprint density at radius 2 is 2.06 bits per heavy atom. The van der Waals surface area contributed by atoms with Crippen LogP contribution in [0.25, 0.3) is 0 Å². The molecular formula is C12H18NO2P. The molecule has 1 aromatic rings. The quantitative estimate of drug-likeness (QED) is 0.755. The van der Waals surface area contributed by atoms with E-state index in [0.29, 0.717) is 12.6 Å². The van der Waals surface area contributed by atoms with Crippen molar-refractivity contribution in [2.45, 2.75) is 26.0 Å². The zero-order chi connectivity index (χ0) is 11.5. The highest BCUT2D eigenvalue weighted by molar-refractivity contribution is 7.44. The predicted octanol–water partition coefficient (Wildman–Crippen LogP) is 3.34. The largest absolute Gasteiger partial charge is 0.322 e. The van der Waals surface area contributed by atoms with Gasteiger partial charge in [0.25, 0.3) is 8.53 Å². The summed E-state index contributed by atoms with van der Waals surface area (Å²) in [6.07, 6.45) is 0.129. The molecular weight excluding hydrogens is 221 g/mol. The standard InChI is InChI=1S/C12H18NO2P/c1-4-14-16-13(3)10(2)12(15-16)11-8-6-5-7-9-11/h5-10,12H,4H2,1-3H3/t10-,12-,16?/m0/s1. The summed E-state index contributed by atoms with van der Waals surface area (Å²) in [5.41, 5.74) is 1.23. The highest BCUT2D eigenvalue weighted by Crippen LogP contribution is 2.55. The van der Waals surface area contributed by atoms with Gasteiger partial charge in [0.05, 0.1) is 6.61 Å². The summed E-state index contributed by atoms with van der Waals surface area (Å²) < 4.78 is 13.8. The molecule has 1 saturated heterocycles. The number of hydrogen-bond donors (Lipinski definition) is 0. The van der Waals surface area contributed by atoms with Crippen molar-refractivity contribution < 1.29 is 9.05 Å². The van der Waals surface area contributed by atoms with Crippen LogP contribution < -0.4 is 0 Å². The molecule has 0 amide bonds. The van der Waals surface area contributed by atoms with Gasteiger partial charge in [0.15, 0.2) is 0 Å². The summed E-state index contributed by atoms with van der Waals surface area (Å²) in [6, 6.07) is 10.7. The van der Waals surface area contributed by atoms with Gasteiger partial charge in [-0.1, -0.05) is 30.3 Å². The fourth-order valence-electron chi connectivity index (χ4n) is 1.82. The SMILES string of the molecule is CCOP1O[C@H](c2ccccc2)[C@H](C)N1C. The molecule has 0 aliphatic carbocycles. The lowest BCUT2D eigenvalue weighted by Crippen LogP contribution is -2.22. The van der Waals surface area contributed by atoms with Gasteiger partial charge in [-0.2, -0.15) is 0 Å². The maximum absolute atomic E-state index is 5.98. The lowest BCUT2D eigenvalue weighted by Gasteiger charge is -2.18. The Hall–Kier alpha value is -0.470. The van der Waals surface area contributed by atoms with Crippen molar-refractivity contribution in [3.63, 3.8) is 0 Å². The van der Waals surface area contributed by atoms with E-state index in [4.69, 9.17) is 9.05 Å². The fourth-order valence-corrected chi connectivity index (χ4v) is 3.34.